The van der Waals surface area contributed by atoms with Crippen LogP contribution in [0.1, 0.15) is 20.8 Å². The molecule has 15 heteroatoms. The minimum Gasteiger partial charge on any atom is -0.322 e. The second-order valence-corrected chi connectivity index (χ2v) is 9.14. The molecule has 0 aliphatic rings. The summed E-state index contributed by atoms with van der Waals surface area (Å²) in [5.74, 6) is -1.66. The highest BCUT2D eigenvalue weighted by atomic mass is 16.6. The Bertz CT molecular complexity index is 1920. The Labute approximate surface area is 246 Å². The van der Waals surface area contributed by atoms with Crippen LogP contribution in [0.15, 0.2) is 103 Å². The van der Waals surface area contributed by atoms with Crippen molar-refractivity contribution in [1.82, 2.24) is 9.78 Å². The number of aromatic nitrogens is 2. The first kappa shape index (κ1) is 28.7. The molecule has 15 nitrogen and oxygen atoms in total. The third-order valence-electron chi connectivity index (χ3n) is 6.33. The van der Waals surface area contributed by atoms with Crippen molar-refractivity contribution in [2.75, 3.05) is 10.6 Å². The zero-order valence-electron chi connectivity index (χ0n) is 22.3. The summed E-state index contributed by atoms with van der Waals surface area (Å²) in [6, 6.07) is 23.9. The van der Waals surface area contributed by atoms with E-state index in [9.17, 15) is 39.9 Å². The van der Waals surface area contributed by atoms with E-state index in [1.807, 2.05) is 0 Å². The zero-order chi connectivity index (χ0) is 31.4. The molecule has 1 heterocycles. The van der Waals surface area contributed by atoms with Crippen molar-refractivity contribution < 1.29 is 24.4 Å². The summed E-state index contributed by atoms with van der Waals surface area (Å²) in [6.07, 6.45) is 0. The van der Waals surface area contributed by atoms with Gasteiger partial charge in [-0.3, -0.25) is 39.9 Å². The molecular weight excluding hydrogens is 574 g/mol. The van der Waals surface area contributed by atoms with E-state index < -0.39 is 26.6 Å². The molecule has 0 aliphatic heterocycles. The first-order chi connectivity index (χ1) is 21.1. The molecule has 0 saturated carbocycles. The standard InChI is InChI=1S/C29H19N7O8/c37-28(30-19-9-13-21(14-10-19)34(39)40)25-26(29(38)31-20-11-15-22(16-12-20)35(41)42)32-33(27(25)18-5-2-1-3-6-18)23-7-4-8-24(17-23)36(43)44/h1-17H,(H,30,37)(H,31,38). The first-order valence-electron chi connectivity index (χ1n) is 12.7. The molecule has 44 heavy (non-hydrogen) atoms. The normalized spacial score (nSPS) is 10.5. The van der Waals surface area contributed by atoms with Crippen LogP contribution < -0.4 is 10.6 Å². The highest BCUT2D eigenvalue weighted by Gasteiger charge is 2.30. The van der Waals surface area contributed by atoms with Crippen LogP contribution in [0, 0.1) is 30.3 Å². The second kappa shape index (κ2) is 12.0. The Hall–Kier alpha value is -6.77. The Morgan fingerprint density at radius 1 is 0.614 bits per heavy atom. The van der Waals surface area contributed by atoms with Crippen LogP contribution in [0.2, 0.25) is 0 Å². The third kappa shape index (κ3) is 5.96. The fraction of sp³-hybridized carbons (Fsp3) is 0. The number of nitro groups is 3. The number of nitro benzene ring substituents is 3. The maximum absolute atomic E-state index is 13.9. The van der Waals surface area contributed by atoms with Crippen molar-refractivity contribution in [3.63, 3.8) is 0 Å². The first-order valence-corrected chi connectivity index (χ1v) is 12.7. The number of nitrogens with one attached hydrogen (secondary N) is 2. The van der Waals surface area contributed by atoms with Gasteiger partial charge < -0.3 is 10.6 Å². The second-order valence-electron chi connectivity index (χ2n) is 9.14. The molecule has 0 spiro atoms. The van der Waals surface area contributed by atoms with Gasteiger partial charge in [0.25, 0.3) is 28.9 Å². The van der Waals surface area contributed by atoms with Gasteiger partial charge in [0.2, 0.25) is 0 Å². The molecular formula is C29H19N7O8. The van der Waals surface area contributed by atoms with E-state index in [1.54, 1.807) is 30.3 Å². The Morgan fingerprint density at radius 3 is 1.66 bits per heavy atom. The van der Waals surface area contributed by atoms with Crippen LogP contribution >= 0.6 is 0 Å². The maximum Gasteiger partial charge on any atom is 0.277 e. The van der Waals surface area contributed by atoms with Gasteiger partial charge in [-0.1, -0.05) is 36.4 Å². The average Bonchev–Trinajstić information content (AvgIpc) is 3.43. The summed E-state index contributed by atoms with van der Waals surface area (Å²) in [4.78, 5) is 59.4. The number of amides is 2. The van der Waals surface area contributed by atoms with Crippen molar-refractivity contribution in [3.05, 3.63) is 145 Å². The van der Waals surface area contributed by atoms with Gasteiger partial charge in [-0.25, -0.2) is 4.68 Å². The lowest BCUT2D eigenvalue weighted by Gasteiger charge is -2.11. The fourth-order valence-corrected chi connectivity index (χ4v) is 4.30. The Kier molecular flexibility index (Phi) is 7.84. The third-order valence-corrected chi connectivity index (χ3v) is 6.33. The van der Waals surface area contributed by atoms with E-state index in [2.05, 4.69) is 15.7 Å². The largest absolute Gasteiger partial charge is 0.322 e. The van der Waals surface area contributed by atoms with E-state index >= 15 is 0 Å². The van der Waals surface area contributed by atoms with Gasteiger partial charge in [0, 0.05) is 53.3 Å². The van der Waals surface area contributed by atoms with Gasteiger partial charge in [-0.2, -0.15) is 5.10 Å². The number of carbonyl (C=O) groups excluding carboxylic acids is 2. The van der Waals surface area contributed by atoms with Gasteiger partial charge in [-0.15, -0.1) is 0 Å². The molecule has 0 radical (unpaired) electrons. The number of non-ortho nitro benzene ring substituents is 3. The number of hydrogen-bond donors (Lipinski definition) is 2. The molecule has 2 amide bonds. The van der Waals surface area contributed by atoms with Gasteiger partial charge in [-0.05, 0) is 30.3 Å². The monoisotopic (exact) mass is 593 g/mol. The summed E-state index contributed by atoms with van der Waals surface area (Å²) in [5, 5.41) is 43.3. The van der Waals surface area contributed by atoms with E-state index in [4.69, 9.17) is 0 Å². The molecule has 218 valence electrons. The number of benzene rings is 4. The predicted octanol–water partition coefficient (Wildman–Crippen LogP) is 5.77. The van der Waals surface area contributed by atoms with Crippen LogP contribution in [0.3, 0.4) is 0 Å². The lowest BCUT2D eigenvalue weighted by molar-refractivity contribution is -0.385. The van der Waals surface area contributed by atoms with E-state index in [0.29, 0.717) is 5.56 Å². The average molecular weight is 594 g/mol. The quantitative estimate of drug-likeness (QED) is 0.157. The fourth-order valence-electron chi connectivity index (χ4n) is 4.30. The van der Waals surface area contributed by atoms with E-state index in [0.717, 1.165) is 0 Å². The Morgan fingerprint density at radius 2 is 1.14 bits per heavy atom. The molecule has 0 unspecified atom stereocenters. The zero-order valence-corrected chi connectivity index (χ0v) is 22.3. The molecule has 4 aromatic carbocycles. The van der Waals surface area contributed by atoms with Crippen LogP contribution in [0.4, 0.5) is 28.4 Å². The topological polar surface area (TPSA) is 205 Å². The van der Waals surface area contributed by atoms with Crippen molar-refractivity contribution in [3.8, 4) is 16.9 Å². The van der Waals surface area contributed by atoms with Crippen LogP contribution in [-0.4, -0.2) is 36.4 Å². The Balaban J connectivity index is 1.67. The van der Waals surface area contributed by atoms with Gasteiger partial charge in [0.1, 0.15) is 0 Å². The molecule has 0 atom stereocenters. The maximum atomic E-state index is 13.9. The number of anilines is 2. The van der Waals surface area contributed by atoms with Crippen molar-refractivity contribution >= 4 is 40.3 Å². The van der Waals surface area contributed by atoms with Crippen LogP contribution in [0.25, 0.3) is 16.9 Å². The minimum absolute atomic E-state index is 0.124. The molecule has 0 saturated heterocycles. The van der Waals surface area contributed by atoms with Gasteiger partial charge >= 0.3 is 0 Å². The summed E-state index contributed by atoms with van der Waals surface area (Å²) < 4.78 is 1.23. The lowest BCUT2D eigenvalue weighted by Crippen LogP contribution is -2.20. The van der Waals surface area contributed by atoms with Crippen molar-refractivity contribution in [1.29, 1.82) is 0 Å². The molecule has 5 aromatic rings. The van der Waals surface area contributed by atoms with Gasteiger partial charge in [0.15, 0.2) is 5.69 Å². The molecule has 0 bridgehead atoms. The molecule has 0 fully saturated rings. The van der Waals surface area contributed by atoms with E-state index in [1.165, 1.54) is 77.5 Å². The minimum atomic E-state index is -0.853. The number of rotatable bonds is 9. The molecule has 2 N–H and O–H groups in total. The smallest absolute Gasteiger partial charge is 0.277 e. The molecule has 1 aromatic heterocycles. The van der Waals surface area contributed by atoms with Crippen LogP contribution in [-0.2, 0) is 0 Å². The van der Waals surface area contributed by atoms with E-state index in [-0.39, 0.29) is 51.1 Å². The highest BCUT2D eigenvalue weighted by molar-refractivity contribution is 6.17. The molecule has 0 aliphatic carbocycles. The van der Waals surface area contributed by atoms with Crippen LogP contribution in [0.5, 0.6) is 0 Å². The summed E-state index contributed by atoms with van der Waals surface area (Å²) in [5.41, 5.74) is -0.134. The van der Waals surface area contributed by atoms with Crippen molar-refractivity contribution in [2.45, 2.75) is 0 Å². The number of nitrogens with zero attached hydrogens (tertiary/aromatic N) is 5. The van der Waals surface area contributed by atoms with Gasteiger partial charge in [0.05, 0.1) is 31.7 Å². The SMILES string of the molecule is O=C(Nc1ccc([N+](=O)[O-])cc1)c1nn(-c2cccc([N+](=O)[O-])c2)c(-c2ccccc2)c1C(=O)Nc1ccc([N+](=O)[O-])cc1. The summed E-state index contributed by atoms with van der Waals surface area (Å²) in [6.45, 7) is 0. The number of hydrogen-bond acceptors (Lipinski definition) is 9. The predicted molar refractivity (Wildman–Crippen MR) is 158 cm³/mol. The summed E-state index contributed by atoms with van der Waals surface area (Å²) in [7, 11) is 0. The summed E-state index contributed by atoms with van der Waals surface area (Å²) >= 11 is 0. The highest BCUT2D eigenvalue weighted by Crippen LogP contribution is 2.32. The lowest BCUT2D eigenvalue weighted by atomic mass is 10.0. The molecule has 5 rings (SSSR count). The van der Waals surface area contributed by atoms with Crippen molar-refractivity contribution in [2.24, 2.45) is 0 Å². The number of carbonyl (C=O) groups is 2.